The molecule has 7 heteroatoms. The number of nitriles is 1. The van der Waals surface area contributed by atoms with Gasteiger partial charge in [-0.15, -0.1) is 0 Å². The van der Waals surface area contributed by atoms with Crippen molar-refractivity contribution in [3.05, 3.63) is 44.8 Å². The molecule has 0 bridgehead atoms. The summed E-state index contributed by atoms with van der Waals surface area (Å²) in [5, 5.41) is 27.4. The zero-order valence-electron chi connectivity index (χ0n) is 8.36. The van der Waals surface area contributed by atoms with Crippen LogP contribution in [-0.2, 0) is 4.79 Å². The second-order valence-corrected chi connectivity index (χ2v) is 3.88. The van der Waals surface area contributed by atoms with E-state index in [0.717, 1.165) is 17.4 Å². The van der Waals surface area contributed by atoms with Gasteiger partial charge in [-0.1, -0.05) is 17.4 Å². The first-order chi connectivity index (χ1) is 8.04. The largest absolute Gasteiger partial charge is 0.477 e. The Morgan fingerprint density at radius 3 is 2.76 bits per heavy atom. The second-order valence-electron chi connectivity index (χ2n) is 2.79. The molecule has 1 rings (SSSR count). The number of carboxylic acids is 1. The van der Waals surface area contributed by atoms with Crippen LogP contribution in [0.1, 0.15) is 4.88 Å². The fraction of sp³-hybridized carbons (Fsp3) is 0. The number of allylic oxidation sites excluding steroid dienone is 2. The number of carbonyl (C=O) groups is 1. The van der Waals surface area contributed by atoms with E-state index in [1.165, 1.54) is 24.3 Å². The van der Waals surface area contributed by atoms with Crippen LogP contribution in [0.3, 0.4) is 0 Å². The van der Waals surface area contributed by atoms with Crippen LogP contribution < -0.4 is 0 Å². The van der Waals surface area contributed by atoms with E-state index < -0.39 is 16.5 Å². The van der Waals surface area contributed by atoms with Crippen molar-refractivity contribution in [3.63, 3.8) is 0 Å². The van der Waals surface area contributed by atoms with Gasteiger partial charge in [-0.05, 0) is 18.2 Å². The lowest BCUT2D eigenvalue weighted by atomic mass is 10.2. The molecule has 0 radical (unpaired) electrons. The molecule has 0 atom stereocenters. The fourth-order valence-electron chi connectivity index (χ4n) is 0.925. The maximum absolute atomic E-state index is 10.5. The molecule has 86 valence electrons. The summed E-state index contributed by atoms with van der Waals surface area (Å²) in [7, 11) is 0. The van der Waals surface area contributed by atoms with Gasteiger partial charge in [0, 0.05) is 10.9 Å². The highest BCUT2D eigenvalue weighted by Crippen LogP contribution is 2.24. The molecule has 0 amide bonds. The number of aliphatic carboxylic acids is 1. The van der Waals surface area contributed by atoms with E-state index in [-0.39, 0.29) is 5.00 Å². The minimum Gasteiger partial charge on any atom is -0.477 e. The highest BCUT2D eigenvalue weighted by molar-refractivity contribution is 7.16. The lowest BCUT2D eigenvalue weighted by Gasteiger charge is -1.85. The van der Waals surface area contributed by atoms with Crippen LogP contribution >= 0.6 is 11.3 Å². The maximum atomic E-state index is 10.5. The zero-order chi connectivity index (χ0) is 12.8. The molecule has 1 aromatic rings. The van der Waals surface area contributed by atoms with E-state index >= 15 is 0 Å². The van der Waals surface area contributed by atoms with E-state index in [1.807, 2.05) is 0 Å². The standard InChI is InChI=1S/C10H6N2O4S/c11-6-7(10(13)14)2-1-3-8-4-5-9(17-8)12(15)16/h1-5H,(H,13,14). The molecule has 0 aliphatic carbocycles. The third kappa shape index (κ3) is 3.55. The molecule has 0 spiro atoms. The molecular weight excluding hydrogens is 244 g/mol. The van der Waals surface area contributed by atoms with Crippen molar-refractivity contribution in [3.8, 4) is 6.07 Å². The number of hydrogen-bond acceptors (Lipinski definition) is 5. The van der Waals surface area contributed by atoms with Gasteiger partial charge in [0.2, 0.25) is 0 Å². The van der Waals surface area contributed by atoms with Crippen LogP contribution in [0.2, 0.25) is 0 Å². The van der Waals surface area contributed by atoms with Gasteiger partial charge in [0.15, 0.2) is 0 Å². The molecule has 17 heavy (non-hydrogen) atoms. The first-order valence-electron chi connectivity index (χ1n) is 4.30. The number of nitrogens with zero attached hydrogens (tertiary/aromatic N) is 2. The normalized spacial score (nSPS) is 11.4. The Labute approximate surface area is 99.9 Å². The van der Waals surface area contributed by atoms with Gasteiger partial charge >= 0.3 is 11.0 Å². The quantitative estimate of drug-likeness (QED) is 0.290. The molecule has 0 saturated heterocycles. The van der Waals surface area contributed by atoms with Crippen molar-refractivity contribution in [1.29, 1.82) is 5.26 Å². The van der Waals surface area contributed by atoms with Gasteiger partial charge in [-0.25, -0.2) is 4.79 Å². The molecule has 0 unspecified atom stereocenters. The van der Waals surface area contributed by atoms with Crippen LogP contribution in [0.15, 0.2) is 29.9 Å². The number of thiophene rings is 1. The number of rotatable bonds is 4. The molecule has 0 saturated carbocycles. The van der Waals surface area contributed by atoms with Crippen LogP contribution in [-0.4, -0.2) is 16.0 Å². The van der Waals surface area contributed by atoms with E-state index in [1.54, 1.807) is 6.07 Å². The smallest absolute Gasteiger partial charge is 0.346 e. The van der Waals surface area contributed by atoms with E-state index in [2.05, 4.69) is 0 Å². The predicted octanol–water partition coefficient (Wildman–Crippen LogP) is 2.20. The Bertz CT molecular complexity index is 551. The van der Waals surface area contributed by atoms with Gasteiger partial charge in [-0.3, -0.25) is 10.1 Å². The molecule has 1 N–H and O–H groups in total. The minimum absolute atomic E-state index is 0.00682. The van der Waals surface area contributed by atoms with Crippen molar-refractivity contribution in [2.75, 3.05) is 0 Å². The van der Waals surface area contributed by atoms with Crippen LogP contribution in [0.4, 0.5) is 5.00 Å². The highest BCUT2D eigenvalue weighted by Gasteiger charge is 2.07. The second kappa shape index (κ2) is 5.58. The van der Waals surface area contributed by atoms with Crippen LogP contribution in [0.5, 0.6) is 0 Å². The third-order valence-corrected chi connectivity index (χ3v) is 2.67. The van der Waals surface area contributed by atoms with Crippen molar-refractivity contribution >= 4 is 28.4 Å². The van der Waals surface area contributed by atoms with Gasteiger partial charge in [0.05, 0.1) is 4.92 Å². The summed E-state index contributed by atoms with van der Waals surface area (Å²) in [6.45, 7) is 0. The summed E-state index contributed by atoms with van der Waals surface area (Å²) in [5.74, 6) is -1.31. The Hall–Kier alpha value is -2.46. The Balaban J connectivity index is 2.81. The molecule has 6 nitrogen and oxygen atoms in total. The first kappa shape index (κ1) is 12.6. The van der Waals surface area contributed by atoms with Crippen molar-refractivity contribution in [2.45, 2.75) is 0 Å². The number of nitro groups is 1. The number of carboxylic acid groups (broad SMARTS) is 1. The SMILES string of the molecule is N#CC(=CC=Cc1ccc([N+](=O)[O-])s1)C(=O)O. The Morgan fingerprint density at radius 1 is 1.59 bits per heavy atom. The highest BCUT2D eigenvalue weighted by atomic mass is 32.1. The lowest BCUT2D eigenvalue weighted by Crippen LogP contribution is -1.96. The van der Waals surface area contributed by atoms with Crippen molar-refractivity contribution in [2.24, 2.45) is 0 Å². The summed E-state index contributed by atoms with van der Waals surface area (Å²) in [6, 6.07) is 4.42. The average molecular weight is 250 g/mol. The minimum atomic E-state index is -1.31. The third-order valence-electron chi connectivity index (χ3n) is 1.67. The molecular formula is C10H6N2O4S. The Kier molecular flexibility index (Phi) is 4.14. The van der Waals surface area contributed by atoms with E-state index in [0.29, 0.717) is 4.88 Å². The first-order valence-corrected chi connectivity index (χ1v) is 5.12. The summed E-state index contributed by atoms with van der Waals surface area (Å²) >= 11 is 0.963. The van der Waals surface area contributed by atoms with Gasteiger partial charge in [0.25, 0.3) is 0 Å². The molecule has 1 heterocycles. The summed E-state index contributed by atoms with van der Waals surface area (Å²) in [4.78, 5) is 20.9. The lowest BCUT2D eigenvalue weighted by molar-refractivity contribution is -0.380. The molecule has 0 aliphatic heterocycles. The van der Waals surface area contributed by atoms with Gasteiger partial charge in [-0.2, -0.15) is 5.26 Å². The molecule has 0 aliphatic rings. The van der Waals surface area contributed by atoms with Crippen LogP contribution in [0.25, 0.3) is 6.08 Å². The van der Waals surface area contributed by atoms with Gasteiger partial charge in [0.1, 0.15) is 11.6 Å². The predicted molar refractivity (Wildman–Crippen MR) is 61.3 cm³/mol. The summed E-state index contributed by atoms with van der Waals surface area (Å²) in [6.07, 6.45) is 3.99. The van der Waals surface area contributed by atoms with Crippen LogP contribution in [0, 0.1) is 21.4 Å². The maximum Gasteiger partial charge on any atom is 0.346 e. The van der Waals surface area contributed by atoms with Gasteiger partial charge < -0.3 is 5.11 Å². The molecule has 0 fully saturated rings. The fourth-order valence-corrected chi connectivity index (χ4v) is 1.66. The Morgan fingerprint density at radius 2 is 2.29 bits per heavy atom. The molecule has 0 aromatic carbocycles. The zero-order valence-corrected chi connectivity index (χ0v) is 9.18. The monoisotopic (exact) mass is 250 g/mol. The van der Waals surface area contributed by atoms with Crippen molar-refractivity contribution in [1.82, 2.24) is 0 Å². The molecule has 1 aromatic heterocycles. The average Bonchev–Trinajstić information content (AvgIpc) is 2.72. The topological polar surface area (TPSA) is 104 Å². The van der Waals surface area contributed by atoms with E-state index in [4.69, 9.17) is 10.4 Å². The number of hydrogen-bond donors (Lipinski definition) is 1. The summed E-state index contributed by atoms with van der Waals surface area (Å²) in [5.41, 5.74) is -0.396. The van der Waals surface area contributed by atoms with E-state index in [9.17, 15) is 14.9 Å². The van der Waals surface area contributed by atoms with Crippen molar-refractivity contribution < 1.29 is 14.8 Å². The summed E-state index contributed by atoms with van der Waals surface area (Å²) < 4.78 is 0.